The van der Waals surface area contributed by atoms with Crippen LogP contribution in [0.3, 0.4) is 0 Å². The van der Waals surface area contributed by atoms with Crippen molar-refractivity contribution in [3.8, 4) is 5.88 Å². The number of rotatable bonds is 3. The van der Waals surface area contributed by atoms with E-state index in [0.717, 1.165) is 13.7 Å². The van der Waals surface area contributed by atoms with Crippen molar-refractivity contribution in [2.45, 2.75) is 0 Å². The molecular weight excluding hydrogens is 409 g/mol. The van der Waals surface area contributed by atoms with Gasteiger partial charge in [0, 0.05) is 14.1 Å². The third-order valence-electron chi connectivity index (χ3n) is 2.29. The van der Waals surface area contributed by atoms with Crippen LogP contribution in [-0.2, 0) is 0 Å². The van der Waals surface area contributed by atoms with Crippen molar-refractivity contribution in [1.29, 1.82) is 0 Å². The number of benzene rings is 1. The summed E-state index contributed by atoms with van der Waals surface area (Å²) in [6, 6.07) is 9.47. The van der Waals surface area contributed by atoms with Crippen LogP contribution in [0.1, 0.15) is 0 Å². The Kier molecular flexibility index (Phi) is 4.28. The zero-order chi connectivity index (χ0) is 13.1. The van der Waals surface area contributed by atoms with Crippen LogP contribution in [0.15, 0.2) is 34.8 Å². The standard InChI is InChI=1S/C12H11BrIN3O/c1-18-11-5-3-9(15)12(17-11)16-10-4-2-7(14)6-8(10)13/h2-6H,15H2,1H3,(H,16,17). The van der Waals surface area contributed by atoms with Crippen molar-refractivity contribution in [3.05, 3.63) is 38.4 Å². The second-order valence-corrected chi connectivity index (χ2v) is 5.64. The minimum absolute atomic E-state index is 0.522. The van der Waals surface area contributed by atoms with Gasteiger partial charge in [0.25, 0.3) is 0 Å². The molecular formula is C12H11BrIN3O. The number of nitrogens with two attached hydrogens (primary N) is 1. The molecule has 0 saturated carbocycles. The summed E-state index contributed by atoms with van der Waals surface area (Å²) >= 11 is 5.75. The zero-order valence-electron chi connectivity index (χ0n) is 9.58. The quantitative estimate of drug-likeness (QED) is 0.743. The molecule has 0 radical (unpaired) electrons. The Morgan fingerprint density at radius 2 is 2.11 bits per heavy atom. The Bertz CT molecular complexity index is 577. The fraction of sp³-hybridized carbons (Fsp3) is 0.0833. The lowest BCUT2D eigenvalue weighted by Crippen LogP contribution is -2.01. The minimum Gasteiger partial charge on any atom is -0.481 e. The predicted octanol–water partition coefficient (Wildman–Crippen LogP) is 3.78. The van der Waals surface area contributed by atoms with Gasteiger partial charge in [-0.1, -0.05) is 0 Å². The number of hydrogen-bond donors (Lipinski definition) is 2. The van der Waals surface area contributed by atoms with E-state index in [1.807, 2.05) is 18.2 Å². The Hall–Kier alpha value is -1.02. The number of methoxy groups -OCH3 is 1. The van der Waals surface area contributed by atoms with Crippen molar-refractivity contribution < 1.29 is 4.74 Å². The van der Waals surface area contributed by atoms with Crippen molar-refractivity contribution >= 4 is 55.7 Å². The first-order valence-corrected chi connectivity index (χ1v) is 7.00. The lowest BCUT2D eigenvalue weighted by Gasteiger charge is -2.11. The highest BCUT2D eigenvalue weighted by molar-refractivity contribution is 14.1. The molecule has 94 valence electrons. The van der Waals surface area contributed by atoms with Gasteiger partial charge in [0.1, 0.15) is 0 Å². The molecule has 1 heterocycles. The van der Waals surface area contributed by atoms with Crippen LogP contribution < -0.4 is 15.8 Å². The molecule has 1 aromatic carbocycles. The second kappa shape index (κ2) is 5.75. The molecule has 4 nitrogen and oxygen atoms in total. The average molecular weight is 420 g/mol. The van der Waals surface area contributed by atoms with Crippen LogP contribution in [0, 0.1) is 3.57 Å². The van der Waals surface area contributed by atoms with Crippen LogP contribution in [0.4, 0.5) is 17.2 Å². The van der Waals surface area contributed by atoms with E-state index < -0.39 is 0 Å². The molecule has 0 aliphatic heterocycles. The topological polar surface area (TPSA) is 60.2 Å². The molecule has 18 heavy (non-hydrogen) atoms. The van der Waals surface area contributed by atoms with E-state index in [1.54, 1.807) is 19.2 Å². The molecule has 6 heteroatoms. The molecule has 0 saturated heterocycles. The first-order chi connectivity index (χ1) is 8.60. The number of hydrogen-bond acceptors (Lipinski definition) is 4. The van der Waals surface area contributed by atoms with E-state index in [1.165, 1.54) is 0 Å². The highest BCUT2D eigenvalue weighted by atomic mass is 127. The lowest BCUT2D eigenvalue weighted by atomic mass is 10.3. The largest absolute Gasteiger partial charge is 0.481 e. The molecule has 0 atom stereocenters. The summed E-state index contributed by atoms with van der Waals surface area (Å²) in [4.78, 5) is 4.27. The molecule has 2 aromatic rings. The molecule has 0 amide bonds. The molecule has 0 aliphatic carbocycles. The number of nitrogens with one attached hydrogen (secondary N) is 1. The van der Waals surface area contributed by atoms with Crippen molar-refractivity contribution in [3.63, 3.8) is 0 Å². The van der Waals surface area contributed by atoms with Gasteiger partial charge < -0.3 is 15.8 Å². The third kappa shape index (κ3) is 3.05. The minimum atomic E-state index is 0.522. The van der Waals surface area contributed by atoms with Gasteiger partial charge in [-0.15, -0.1) is 0 Å². The molecule has 3 N–H and O–H groups in total. The maximum atomic E-state index is 5.87. The first-order valence-electron chi connectivity index (χ1n) is 5.12. The lowest BCUT2D eigenvalue weighted by molar-refractivity contribution is 0.398. The van der Waals surface area contributed by atoms with Crippen LogP contribution in [-0.4, -0.2) is 12.1 Å². The third-order valence-corrected chi connectivity index (χ3v) is 3.62. The summed E-state index contributed by atoms with van der Waals surface area (Å²) in [5.74, 6) is 1.10. The van der Waals surface area contributed by atoms with Gasteiger partial charge in [0.2, 0.25) is 5.88 Å². The van der Waals surface area contributed by atoms with Crippen LogP contribution in [0.2, 0.25) is 0 Å². The van der Waals surface area contributed by atoms with Gasteiger partial charge in [-0.25, -0.2) is 0 Å². The van der Waals surface area contributed by atoms with Gasteiger partial charge in [0.05, 0.1) is 18.5 Å². The van der Waals surface area contributed by atoms with Crippen LogP contribution >= 0.6 is 38.5 Å². The highest BCUT2D eigenvalue weighted by Crippen LogP contribution is 2.29. The molecule has 1 aromatic heterocycles. The van der Waals surface area contributed by atoms with E-state index in [9.17, 15) is 0 Å². The van der Waals surface area contributed by atoms with Gasteiger partial charge in [0.15, 0.2) is 5.82 Å². The molecule has 0 unspecified atom stereocenters. The normalized spacial score (nSPS) is 10.2. The summed E-state index contributed by atoms with van der Waals surface area (Å²) in [6.07, 6.45) is 0. The molecule has 0 fully saturated rings. The Morgan fingerprint density at radius 3 is 2.78 bits per heavy atom. The van der Waals surface area contributed by atoms with Gasteiger partial charge in [-0.3, -0.25) is 0 Å². The predicted molar refractivity (Wildman–Crippen MR) is 85.3 cm³/mol. The van der Waals surface area contributed by atoms with Crippen molar-refractivity contribution in [2.75, 3.05) is 18.2 Å². The second-order valence-electron chi connectivity index (χ2n) is 3.54. The van der Waals surface area contributed by atoms with E-state index in [-0.39, 0.29) is 0 Å². The van der Waals surface area contributed by atoms with Crippen molar-refractivity contribution in [1.82, 2.24) is 4.98 Å². The van der Waals surface area contributed by atoms with Gasteiger partial charge in [-0.05, 0) is 62.8 Å². The smallest absolute Gasteiger partial charge is 0.215 e. The fourth-order valence-corrected chi connectivity index (χ4v) is 2.78. The van der Waals surface area contributed by atoms with Crippen molar-refractivity contribution in [2.24, 2.45) is 0 Å². The molecule has 0 spiro atoms. The van der Waals surface area contributed by atoms with Gasteiger partial charge in [-0.2, -0.15) is 4.98 Å². The fourth-order valence-electron chi connectivity index (χ4n) is 1.38. The summed E-state index contributed by atoms with van der Waals surface area (Å²) in [5, 5.41) is 3.18. The number of aromatic nitrogens is 1. The van der Waals surface area contributed by atoms with Crippen LogP contribution in [0.5, 0.6) is 5.88 Å². The van der Waals surface area contributed by atoms with E-state index in [0.29, 0.717) is 17.4 Å². The summed E-state index contributed by atoms with van der Waals surface area (Å²) in [5.41, 5.74) is 7.35. The monoisotopic (exact) mass is 419 g/mol. The molecule has 2 rings (SSSR count). The van der Waals surface area contributed by atoms with E-state index in [2.05, 4.69) is 48.8 Å². The number of halogens is 2. The Morgan fingerprint density at radius 1 is 1.33 bits per heavy atom. The molecule has 0 aliphatic rings. The number of nitrogens with zero attached hydrogens (tertiary/aromatic N) is 1. The zero-order valence-corrected chi connectivity index (χ0v) is 13.3. The first kappa shape index (κ1) is 13.4. The SMILES string of the molecule is COc1ccc(N)c(Nc2ccc(I)cc2Br)n1. The number of anilines is 3. The maximum absolute atomic E-state index is 5.87. The Labute approximate surface area is 127 Å². The number of nitrogen functional groups attached to an aromatic ring is 1. The highest BCUT2D eigenvalue weighted by Gasteiger charge is 2.06. The van der Waals surface area contributed by atoms with E-state index >= 15 is 0 Å². The van der Waals surface area contributed by atoms with Crippen LogP contribution in [0.25, 0.3) is 0 Å². The number of ether oxygens (including phenoxy) is 1. The summed E-state index contributed by atoms with van der Waals surface area (Å²) < 4.78 is 7.18. The average Bonchev–Trinajstić information content (AvgIpc) is 2.35. The summed E-state index contributed by atoms with van der Waals surface area (Å²) in [6.45, 7) is 0. The molecule has 0 bridgehead atoms. The summed E-state index contributed by atoms with van der Waals surface area (Å²) in [7, 11) is 1.57. The maximum Gasteiger partial charge on any atom is 0.215 e. The van der Waals surface area contributed by atoms with E-state index in [4.69, 9.17) is 10.5 Å². The van der Waals surface area contributed by atoms with Gasteiger partial charge >= 0.3 is 0 Å². The number of pyridine rings is 1. The Balaban J connectivity index is 2.33.